The number of hydrogen-bond donors (Lipinski definition) is 1. The normalized spacial score (nSPS) is 10.6. The lowest BCUT2D eigenvalue weighted by molar-refractivity contribution is 0.817. The van der Waals surface area contributed by atoms with Crippen LogP contribution in [0.4, 0.5) is 0 Å². The molecule has 4 heteroatoms. The van der Waals surface area contributed by atoms with Crippen molar-refractivity contribution >= 4 is 35.0 Å². The van der Waals surface area contributed by atoms with Gasteiger partial charge in [0.2, 0.25) is 0 Å². The van der Waals surface area contributed by atoms with Crippen molar-refractivity contribution in [3.8, 4) is 0 Å². The zero-order valence-electron chi connectivity index (χ0n) is 9.91. The predicted molar refractivity (Wildman–Crippen MR) is 79.8 cm³/mol. The summed E-state index contributed by atoms with van der Waals surface area (Å²) in [6, 6.07) is 13.9. The molecule has 0 atom stereocenters. The first-order chi connectivity index (χ1) is 8.69. The topological polar surface area (TPSA) is 12.0 Å². The fraction of sp³-hybridized carbons (Fsp3) is 0.143. The molecule has 2 aromatic rings. The maximum atomic E-state index is 6.27. The molecule has 0 saturated heterocycles. The summed E-state index contributed by atoms with van der Waals surface area (Å²) in [5.41, 5.74) is 1.18. The Morgan fingerprint density at radius 3 is 2.39 bits per heavy atom. The zero-order valence-corrected chi connectivity index (χ0v) is 12.2. The largest absolute Gasteiger partial charge is 0.316 e. The van der Waals surface area contributed by atoms with Crippen LogP contribution in [0.1, 0.15) is 5.56 Å². The Morgan fingerprint density at radius 2 is 1.78 bits per heavy atom. The molecule has 0 amide bonds. The predicted octanol–water partition coefficient (Wildman–Crippen LogP) is 4.86. The first-order valence-electron chi connectivity index (χ1n) is 5.55. The fourth-order valence-corrected chi connectivity index (χ4v) is 2.83. The second-order valence-electron chi connectivity index (χ2n) is 3.85. The number of rotatable bonds is 4. The summed E-state index contributed by atoms with van der Waals surface area (Å²) in [6.45, 7) is 0.825. The van der Waals surface area contributed by atoms with Gasteiger partial charge in [0.05, 0.1) is 5.02 Å². The van der Waals surface area contributed by atoms with Gasteiger partial charge in [0.1, 0.15) is 0 Å². The van der Waals surface area contributed by atoms with Crippen molar-refractivity contribution in [2.75, 3.05) is 7.05 Å². The number of halogens is 2. The molecule has 0 radical (unpaired) electrons. The summed E-state index contributed by atoms with van der Waals surface area (Å²) in [5, 5.41) is 4.63. The van der Waals surface area contributed by atoms with E-state index in [4.69, 9.17) is 23.2 Å². The highest BCUT2D eigenvalue weighted by Crippen LogP contribution is 2.34. The van der Waals surface area contributed by atoms with Gasteiger partial charge in [-0.25, -0.2) is 0 Å². The summed E-state index contributed by atoms with van der Waals surface area (Å²) in [4.78, 5) is 2.18. The maximum absolute atomic E-state index is 6.27. The third-order valence-electron chi connectivity index (χ3n) is 2.42. The number of benzene rings is 2. The summed E-state index contributed by atoms with van der Waals surface area (Å²) >= 11 is 13.8. The molecule has 2 aromatic carbocycles. The van der Waals surface area contributed by atoms with E-state index in [0.29, 0.717) is 0 Å². The molecule has 0 aliphatic rings. The van der Waals surface area contributed by atoms with Gasteiger partial charge in [0.15, 0.2) is 0 Å². The molecule has 2 rings (SSSR count). The molecule has 0 aliphatic heterocycles. The SMILES string of the molecule is CNCc1ccc(Sc2ccc(Cl)cc2)c(Cl)c1. The highest BCUT2D eigenvalue weighted by atomic mass is 35.5. The van der Waals surface area contributed by atoms with E-state index >= 15 is 0 Å². The summed E-state index contributed by atoms with van der Waals surface area (Å²) in [5.74, 6) is 0. The smallest absolute Gasteiger partial charge is 0.0548 e. The Balaban J connectivity index is 2.16. The molecule has 18 heavy (non-hydrogen) atoms. The molecule has 0 aliphatic carbocycles. The standard InChI is InChI=1S/C14H13Cl2NS/c1-17-9-10-2-7-14(13(16)8-10)18-12-5-3-11(15)4-6-12/h2-8,17H,9H2,1H3. The minimum absolute atomic E-state index is 0.745. The van der Waals surface area contributed by atoms with Crippen molar-refractivity contribution in [2.24, 2.45) is 0 Å². The molecule has 0 fully saturated rings. The number of hydrogen-bond acceptors (Lipinski definition) is 2. The zero-order chi connectivity index (χ0) is 13.0. The average Bonchev–Trinajstić information content (AvgIpc) is 2.36. The first-order valence-corrected chi connectivity index (χ1v) is 7.13. The van der Waals surface area contributed by atoms with Crippen LogP contribution in [0, 0.1) is 0 Å². The third-order valence-corrected chi connectivity index (χ3v) is 4.18. The van der Waals surface area contributed by atoms with Gasteiger partial charge in [0.25, 0.3) is 0 Å². The minimum Gasteiger partial charge on any atom is -0.316 e. The Hall–Kier alpha value is -0.670. The van der Waals surface area contributed by atoms with Crippen LogP contribution in [0.5, 0.6) is 0 Å². The van der Waals surface area contributed by atoms with Crippen molar-refractivity contribution in [1.82, 2.24) is 5.32 Å². The van der Waals surface area contributed by atoms with Crippen LogP contribution in [0.2, 0.25) is 10.0 Å². The second-order valence-corrected chi connectivity index (χ2v) is 5.81. The van der Waals surface area contributed by atoms with Gasteiger partial charge < -0.3 is 5.32 Å². The van der Waals surface area contributed by atoms with E-state index in [1.54, 1.807) is 11.8 Å². The highest BCUT2D eigenvalue weighted by molar-refractivity contribution is 7.99. The van der Waals surface area contributed by atoms with E-state index in [2.05, 4.69) is 11.4 Å². The molecule has 94 valence electrons. The van der Waals surface area contributed by atoms with Crippen LogP contribution in [-0.4, -0.2) is 7.05 Å². The molecule has 0 saturated carbocycles. The molecule has 1 N–H and O–H groups in total. The second kappa shape index (κ2) is 6.48. The quantitative estimate of drug-likeness (QED) is 0.864. The van der Waals surface area contributed by atoms with Crippen molar-refractivity contribution in [2.45, 2.75) is 16.3 Å². The Morgan fingerprint density at radius 1 is 1.06 bits per heavy atom. The van der Waals surface area contributed by atoms with Crippen LogP contribution < -0.4 is 5.32 Å². The van der Waals surface area contributed by atoms with Gasteiger partial charge in [-0.05, 0) is 49.0 Å². The van der Waals surface area contributed by atoms with E-state index in [9.17, 15) is 0 Å². The van der Waals surface area contributed by atoms with E-state index in [-0.39, 0.29) is 0 Å². The molecule has 0 unspecified atom stereocenters. The fourth-order valence-electron chi connectivity index (χ4n) is 1.57. The monoisotopic (exact) mass is 297 g/mol. The van der Waals surface area contributed by atoms with E-state index in [0.717, 1.165) is 26.4 Å². The lowest BCUT2D eigenvalue weighted by atomic mass is 10.2. The lowest BCUT2D eigenvalue weighted by Crippen LogP contribution is -2.04. The Labute approximate surface area is 121 Å². The van der Waals surface area contributed by atoms with Crippen molar-refractivity contribution in [3.63, 3.8) is 0 Å². The molecular weight excluding hydrogens is 285 g/mol. The third kappa shape index (κ3) is 3.66. The molecule has 0 aromatic heterocycles. The Kier molecular flexibility index (Phi) is 4.95. The van der Waals surface area contributed by atoms with Gasteiger partial charge in [-0.15, -0.1) is 0 Å². The van der Waals surface area contributed by atoms with Crippen LogP contribution in [-0.2, 0) is 6.54 Å². The molecule has 1 nitrogen and oxygen atoms in total. The van der Waals surface area contributed by atoms with Crippen LogP contribution >= 0.6 is 35.0 Å². The van der Waals surface area contributed by atoms with E-state index < -0.39 is 0 Å². The molecular formula is C14H13Cl2NS. The van der Waals surface area contributed by atoms with Crippen molar-refractivity contribution in [1.29, 1.82) is 0 Å². The summed E-state index contributed by atoms with van der Waals surface area (Å²) in [6.07, 6.45) is 0. The van der Waals surface area contributed by atoms with Gasteiger partial charge in [-0.3, -0.25) is 0 Å². The van der Waals surface area contributed by atoms with Crippen molar-refractivity contribution < 1.29 is 0 Å². The Bertz CT molecular complexity index is 526. The molecule has 0 spiro atoms. The van der Waals surface area contributed by atoms with E-state index in [1.165, 1.54) is 5.56 Å². The minimum atomic E-state index is 0.745. The van der Waals surface area contributed by atoms with Crippen LogP contribution in [0.25, 0.3) is 0 Å². The van der Waals surface area contributed by atoms with Crippen LogP contribution in [0.15, 0.2) is 52.3 Å². The van der Waals surface area contributed by atoms with Gasteiger partial charge in [0, 0.05) is 21.4 Å². The van der Waals surface area contributed by atoms with Gasteiger partial charge >= 0.3 is 0 Å². The average molecular weight is 298 g/mol. The number of nitrogens with one attached hydrogen (secondary N) is 1. The van der Waals surface area contributed by atoms with Crippen molar-refractivity contribution in [3.05, 3.63) is 58.1 Å². The van der Waals surface area contributed by atoms with E-state index in [1.807, 2.05) is 43.4 Å². The maximum Gasteiger partial charge on any atom is 0.0548 e. The van der Waals surface area contributed by atoms with Gasteiger partial charge in [-0.1, -0.05) is 41.0 Å². The van der Waals surface area contributed by atoms with Crippen LogP contribution in [0.3, 0.4) is 0 Å². The summed E-state index contributed by atoms with van der Waals surface area (Å²) < 4.78 is 0. The first kappa shape index (κ1) is 13.8. The van der Waals surface area contributed by atoms with Gasteiger partial charge in [-0.2, -0.15) is 0 Å². The highest BCUT2D eigenvalue weighted by Gasteiger charge is 2.04. The lowest BCUT2D eigenvalue weighted by Gasteiger charge is -2.07. The molecule has 0 heterocycles. The molecule has 0 bridgehead atoms. The summed E-state index contributed by atoms with van der Waals surface area (Å²) in [7, 11) is 1.92.